The normalized spacial score (nSPS) is 13.3. The van der Waals surface area contributed by atoms with E-state index in [0.717, 1.165) is 17.5 Å². The highest BCUT2D eigenvalue weighted by Gasteiger charge is 2.18. The van der Waals surface area contributed by atoms with Crippen LogP contribution in [-0.2, 0) is 0 Å². The van der Waals surface area contributed by atoms with Gasteiger partial charge < -0.3 is 0 Å². The molecule has 2 rings (SSSR count). The minimum atomic E-state index is 0.0877. The van der Waals surface area contributed by atoms with Gasteiger partial charge in [-0.3, -0.25) is 9.59 Å². The molecule has 4 heteroatoms. The van der Waals surface area contributed by atoms with Crippen molar-refractivity contribution < 1.29 is 9.59 Å². The van der Waals surface area contributed by atoms with Gasteiger partial charge in [0.05, 0.1) is 0 Å². The van der Waals surface area contributed by atoms with Gasteiger partial charge in [-0.25, -0.2) is 0 Å². The Hall–Kier alpha value is -1.52. The molecule has 0 saturated carbocycles. The van der Waals surface area contributed by atoms with Gasteiger partial charge in [0.15, 0.2) is 0 Å². The van der Waals surface area contributed by atoms with Crippen LogP contribution in [0.2, 0.25) is 0 Å². The molecule has 0 unspecified atom stereocenters. The van der Waals surface area contributed by atoms with Crippen molar-refractivity contribution in [2.24, 2.45) is 0 Å². The summed E-state index contributed by atoms with van der Waals surface area (Å²) in [6.45, 7) is 4.07. The maximum atomic E-state index is 12.2. The van der Waals surface area contributed by atoms with Gasteiger partial charge in [0.1, 0.15) is 0 Å². The SMILES string of the molecule is C[C@H](C[C@H](C)SC(=O)c1ccccc1)SC(=O)c1ccccc1. The van der Waals surface area contributed by atoms with E-state index in [9.17, 15) is 9.59 Å². The topological polar surface area (TPSA) is 34.1 Å². The number of hydrogen-bond acceptors (Lipinski definition) is 4. The van der Waals surface area contributed by atoms with E-state index in [1.54, 1.807) is 0 Å². The van der Waals surface area contributed by atoms with E-state index >= 15 is 0 Å². The first-order chi connectivity index (χ1) is 11.1. The average Bonchev–Trinajstić information content (AvgIpc) is 2.56. The monoisotopic (exact) mass is 344 g/mol. The summed E-state index contributed by atoms with van der Waals surface area (Å²) in [5.41, 5.74) is 1.45. The highest BCUT2D eigenvalue weighted by molar-refractivity contribution is 8.15. The maximum Gasteiger partial charge on any atom is 0.219 e. The zero-order valence-electron chi connectivity index (χ0n) is 13.3. The van der Waals surface area contributed by atoms with Crippen molar-refractivity contribution in [1.29, 1.82) is 0 Å². The first kappa shape index (κ1) is 17.8. The number of carbonyl (C=O) groups excluding carboxylic acids is 2. The summed E-state index contributed by atoms with van der Waals surface area (Å²) in [5, 5.41) is 0.525. The molecule has 2 atom stereocenters. The van der Waals surface area contributed by atoms with Crippen molar-refractivity contribution in [1.82, 2.24) is 0 Å². The summed E-state index contributed by atoms with van der Waals surface area (Å²) in [6.07, 6.45) is 0.812. The van der Waals surface area contributed by atoms with Gasteiger partial charge in [-0.05, 0) is 6.42 Å². The second kappa shape index (κ2) is 8.94. The van der Waals surface area contributed by atoms with E-state index in [1.807, 2.05) is 74.5 Å². The van der Waals surface area contributed by atoms with Crippen LogP contribution in [-0.4, -0.2) is 20.7 Å². The molecule has 0 aromatic heterocycles. The highest BCUT2D eigenvalue weighted by atomic mass is 32.2. The van der Waals surface area contributed by atoms with Crippen molar-refractivity contribution in [2.75, 3.05) is 0 Å². The molecule has 0 bridgehead atoms. The smallest absolute Gasteiger partial charge is 0.219 e. The molecule has 0 aliphatic rings. The van der Waals surface area contributed by atoms with Crippen LogP contribution in [0.3, 0.4) is 0 Å². The number of thioether (sulfide) groups is 2. The summed E-state index contributed by atoms with van der Waals surface area (Å²) in [7, 11) is 0. The van der Waals surface area contributed by atoms with E-state index < -0.39 is 0 Å². The summed E-state index contributed by atoms with van der Waals surface area (Å²) in [4.78, 5) is 24.3. The Labute approximate surface area is 146 Å². The number of benzene rings is 2. The molecule has 0 saturated heterocycles. The zero-order chi connectivity index (χ0) is 16.7. The van der Waals surface area contributed by atoms with E-state index in [0.29, 0.717) is 0 Å². The van der Waals surface area contributed by atoms with Crippen molar-refractivity contribution in [3.05, 3.63) is 71.8 Å². The molecule has 23 heavy (non-hydrogen) atoms. The molecule has 2 aromatic rings. The van der Waals surface area contributed by atoms with E-state index in [1.165, 1.54) is 23.5 Å². The molecule has 0 aliphatic heterocycles. The number of carbonyl (C=O) groups is 2. The molecular weight excluding hydrogens is 324 g/mol. The molecule has 0 N–H and O–H groups in total. The zero-order valence-corrected chi connectivity index (χ0v) is 14.9. The quantitative estimate of drug-likeness (QED) is 0.712. The number of rotatable bonds is 6. The van der Waals surface area contributed by atoms with Crippen LogP contribution in [0.15, 0.2) is 60.7 Å². The van der Waals surface area contributed by atoms with Gasteiger partial charge in [-0.1, -0.05) is 98.0 Å². The fourth-order valence-electron chi connectivity index (χ4n) is 2.21. The lowest BCUT2D eigenvalue weighted by Crippen LogP contribution is -2.11. The van der Waals surface area contributed by atoms with Crippen LogP contribution in [0.1, 0.15) is 41.0 Å². The Morgan fingerprint density at radius 1 is 0.739 bits per heavy atom. The fourth-order valence-corrected chi connectivity index (χ4v) is 4.38. The van der Waals surface area contributed by atoms with Crippen molar-refractivity contribution in [2.45, 2.75) is 30.8 Å². The van der Waals surface area contributed by atoms with Crippen LogP contribution in [0.5, 0.6) is 0 Å². The molecule has 2 nitrogen and oxygen atoms in total. The van der Waals surface area contributed by atoms with E-state index in [-0.39, 0.29) is 20.7 Å². The first-order valence-electron chi connectivity index (χ1n) is 7.58. The molecule has 0 amide bonds. The van der Waals surface area contributed by atoms with E-state index in [4.69, 9.17) is 0 Å². The Morgan fingerprint density at radius 2 is 1.09 bits per heavy atom. The third-order valence-corrected chi connectivity index (χ3v) is 5.39. The predicted octanol–water partition coefficient (Wildman–Crippen LogP) is 5.30. The predicted molar refractivity (Wildman–Crippen MR) is 100 cm³/mol. The number of hydrogen-bond donors (Lipinski definition) is 0. The first-order valence-corrected chi connectivity index (χ1v) is 9.34. The lowest BCUT2D eigenvalue weighted by atomic mass is 10.2. The fraction of sp³-hybridized carbons (Fsp3) is 0.263. The summed E-state index contributed by atoms with van der Waals surface area (Å²) < 4.78 is 0. The average molecular weight is 345 g/mol. The maximum absolute atomic E-state index is 12.2. The second-order valence-corrected chi connectivity index (χ2v) is 8.22. The Bertz CT molecular complexity index is 583. The van der Waals surface area contributed by atoms with Crippen LogP contribution < -0.4 is 0 Å². The van der Waals surface area contributed by atoms with Gasteiger partial charge in [0.25, 0.3) is 0 Å². The minimum absolute atomic E-state index is 0.0877. The van der Waals surface area contributed by atoms with Gasteiger partial charge in [-0.2, -0.15) is 0 Å². The summed E-state index contributed by atoms with van der Waals surface area (Å²) in [5.74, 6) is 0. The van der Waals surface area contributed by atoms with Crippen LogP contribution in [0.25, 0.3) is 0 Å². The molecule has 0 spiro atoms. The Kier molecular flexibility index (Phi) is 6.93. The van der Waals surface area contributed by atoms with Crippen molar-refractivity contribution in [3.8, 4) is 0 Å². The largest absolute Gasteiger partial charge is 0.282 e. The molecule has 120 valence electrons. The third-order valence-electron chi connectivity index (χ3n) is 3.30. The van der Waals surface area contributed by atoms with Gasteiger partial charge >= 0.3 is 0 Å². The lowest BCUT2D eigenvalue weighted by molar-refractivity contribution is 0.108. The Morgan fingerprint density at radius 3 is 1.43 bits per heavy atom. The van der Waals surface area contributed by atoms with Crippen molar-refractivity contribution >= 4 is 33.8 Å². The summed E-state index contributed by atoms with van der Waals surface area (Å²) >= 11 is 2.68. The van der Waals surface area contributed by atoms with Crippen LogP contribution in [0, 0.1) is 0 Å². The molecule has 0 radical (unpaired) electrons. The third kappa shape index (κ3) is 5.88. The van der Waals surface area contributed by atoms with Gasteiger partial charge in [0.2, 0.25) is 10.2 Å². The van der Waals surface area contributed by atoms with Crippen molar-refractivity contribution in [3.63, 3.8) is 0 Å². The van der Waals surface area contributed by atoms with Crippen LogP contribution >= 0.6 is 23.5 Å². The Balaban J connectivity index is 1.82. The molecule has 0 heterocycles. The standard InChI is InChI=1S/C19H20O2S2/c1-14(22-18(20)16-9-5-3-6-10-16)13-15(2)23-19(21)17-11-7-4-8-12-17/h3-12,14-15H,13H2,1-2H3/t14-,15+. The molecule has 0 aliphatic carbocycles. The van der Waals surface area contributed by atoms with Crippen LogP contribution in [0.4, 0.5) is 0 Å². The highest BCUT2D eigenvalue weighted by Crippen LogP contribution is 2.27. The minimum Gasteiger partial charge on any atom is -0.282 e. The lowest BCUT2D eigenvalue weighted by Gasteiger charge is -2.15. The van der Waals surface area contributed by atoms with E-state index in [2.05, 4.69) is 0 Å². The van der Waals surface area contributed by atoms with Gasteiger partial charge in [0, 0.05) is 21.6 Å². The van der Waals surface area contributed by atoms with Gasteiger partial charge in [-0.15, -0.1) is 0 Å². The summed E-state index contributed by atoms with van der Waals surface area (Å²) in [6, 6.07) is 18.6. The molecule has 0 fully saturated rings. The molecule has 2 aromatic carbocycles. The second-order valence-electron chi connectivity index (χ2n) is 5.40. The molecular formula is C19H20O2S2.